The average Bonchev–Trinajstić information content (AvgIpc) is 2.06. The molecule has 1 aromatic carbocycles. The van der Waals surface area contributed by atoms with Crippen LogP contribution in [0.3, 0.4) is 0 Å². The maximum atomic E-state index is 11.0. The van der Waals surface area contributed by atoms with Gasteiger partial charge in [-0.1, -0.05) is 23.7 Å². The second-order valence-corrected chi connectivity index (χ2v) is 4.80. The van der Waals surface area contributed by atoms with Gasteiger partial charge in [0.15, 0.2) is 0 Å². The van der Waals surface area contributed by atoms with Crippen LogP contribution in [0, 0.1) is 0 Å². The molecule has 0 atom stereocenters. The van der Waals surface area contributed by atoms with Crippen molar-refractivity contribution in [3.8, 4) is 0 Å². The quantitative estimate of drug-likeness (QED) is 0.842. The zero-order chi connectivity index (χ0) is 11.5. The molecule has 1 amide bonds. The van der Waals surface area contributed by atoms with Gasteiger partial charge >= 0.3 is 0 Å². The van der Waals surface area contributed by atoms with E-state index in [-0.39, 0.29) is 11.4 Å². The number of hydrogen-bond acceptors (Lipinski definition) is 1. The number of carbonyl (C=O) groups is 1. The summed E-state index contributed by atoms with van der Waals surface area (Å²) in [5.74, 6) is -0.00559. The third kappa shape index (κ3) is 4.34. The lowest BCUT2D eigenvalue weighted by molar-refractivity contribution is -0.120. The smallest absolute Gasteiger partial charge is 0.217 e. The Morgan fingerprint density at radius 1 is 1.33 bits per heavy atom. The molecule has 0 radical (unpaired) electrons. The van der Waals surface area contributed by atoms with Gasteiger partial charge in [-0.3, -0.25) is 4.79 Å². The van der Waals surface area contributed by atoms with E-state index in [4.69, 9.17) is 11.6 Å². The van der Waals surface area contributed by atoms with Crippen LogP contribution in [0.25, 0.3) is 0 Å². The summed E-state index contributed by atoms with van der Waals surface area (Å²) in [5, 5.41) is 3.64. The first-order valence-electron chi connectivity index (χ1n) is 4.92. The van der Waals surface area contributed by atoms with E-state index < -0.39 is 0 Å². The lowest BCUT2D eigenvalue weighted by atomic mass is 9.95. The zero-order valence-electron chi connectivity index (χ0n) is 9.30. The third-order valence-corrected chi connectivity index (χ3v) is 2.33. The van der Waals surface area contributed by atoms with Crippen molar-refractivity contribution in [3.63, 3.8) is 0 Å². The van der Waals surface area contributed by atoms with Crippen LogP contribution in [-0.2, 0) is 11.2 Å². The Morgan fingerprint density at radius 2 is 1.87 bits per heavy atom. The molecule has 0 aliphatic carbocycles. The van der Waals surface area contributed by atoms with E-state index in [1.54, 1.807) is 0 Å². The summed E-state index contributed by atoms with van der Waals surface area (Å²) in [7, 11) is 0. The molecule has 82 valence electrons. The van der Waals surface area contributed by atoms with E-state index in [9.17, 15) is 4.79 Å². The van der Waals surface area contributed by atoms with Gasteiger partial charge < -0.3 is 5.32 Å². The van der Waals surface area contributed by atoms with E-state index in [0.717, 1.165) is 17.0 Å². The van der Waals surface area contributed by atoms with Crippen molar-refractivity contribution in [1.82, 2.24) is 5.32 Å². The Labute approximate surface area is 95.6 Å². The Hall–Kier alpha value is -1.02. The highest BCUT2D eigenvalue weighted by Gasteiger charge is 2.18. The number of amides is 1. The zero-order valence-corrected chi connectivity index (χ0v) is 10.1. The molecule has 3 heteroatoms. The summed E-state index contributed by atoms with van der Waals surface area (Å²) >= 11 is 5.80. The summed E-state index contributed by atoms with van der Waals surface area (Å²) in [6.45, 7) is 5.54. The van der Waals surface area contributed by atoms with Crippen LogP contribution in [-0.4, -0.2) is 11.4 Å². The molecule has 0 aliphatic rings. The molecule has 0 unspecified atom stereocenters. The number of benzene rings is 1. The highest BCUT2D eigenvalue weighted by molar-refractivity contribution is 6.30. The maximum absolute atomic E-state index is 11.0. The van der Waals surface area contributed by atoms with Gasteiger partial charge in [-0.05, 0) is 38.0 Å². The second kappa shape index (κ2) is 4.67. The van der Waals surface area contributed by atoms with E-state index in [0.29, 0.717) is 0 Å². The van der Waals surface area contributed by atoms with Gasteiger partial charge in [-0.25, -0.2) is 0 Å². The Kier molecular flexibility index (Phi) is 3.75. The first-order chi connectivity index (χ1) is 6.89. The molecule has 15 heavy (non-hydrogen) atoms. The first kappa shape index (κ1) is 12.1. The lowest BCUT2D eigenvalue weighted by Crippen LogP contribution is -2.43. The monoisotopic (exact) mass is 225 g/mol. The summed E-state index contributed by atoms with van der Waals surface area (Å²) < 4.78 is 0. The van der Waals surface area contributed by atoms with E-state index in [1.165, 1.54) is 6.92 Å². The molecular weight excluding hydrogens is 210 g/mol. The topological polar surface area (TPSA) is 29.1 Å². The van der Waals surface area contributed by atoms with Gasteiger partial charge in [0.25, 0.3) is 0 Å². The number of carbonyl (C=O) groups excluding carboxylic acids is 1. The van der Waals surface area contributed by atoms with Crippen molar-refractivity contribution < 1.29 is 4.79 Å². The van der Waals surface area contributed by atoms with Crippen LogP contribution in [0.5, 0.6) is 0 Å². The first-order valence-corrected chi connectivity index (χ1v) is 5.30. The minimum atomic E-state index is -0.223. The van der Waals surface area contributed by atoms with E-state index in [2.05, 4.69) is 5.32 Å². The Bertz CT molecular complexity index is 343. The van der Waals surface area contributed by atoms with Crippen molar-refractivity contribution >= 4 is 17.5 Å². The maximum Gasteiger partial charge on any atom is 0.217 e. The number of nitrogens with one attached hydrogen (secondary N) is 1. The lowest BCUT2D eigenvalue weighted by Gasteiger charge is -2.25. The molecule has 1 N–H and O–H groups in total. The van der Waals surface area contributed by atoms with Gasteiger partial charge in [-0.2, -0.15) is 0 Å². The number of rotatable bonds is 3. The molecule has 0 aromatic heterocycles. The summed E-state index contributed by atoms with van der Waals surface area (Å²) in [6, 6.07) is 7.68. The van der Waals surface area contributed by atoms with Crippen LogP contribution < -0.4 is 5.32 Å². The van der Waals surface area contributed by atoms with Crippen LogP contribution in [0.4, 0.5) is 0 Å². The highest BCUT2D eigenvalue weighted by Crippen LogP contribution is 2.15. The molecule has 0 aliphatic heterocycles. The largest absolute Gasteiger partial charge is 0.351 e. The number of hydrogen-bond donors (Lipinski definition) is 1. The van der Waals surface area contributed by atoms with Gasteiger partial charge in [0.1, 0.15) is 0 Å². The van der Waals surface area contributed by atoms with Crippen molar-refractivity contribution in [3.05, 3.63) is 34.9 Å². The molecule has 0 spiro atoms. The standard InChI is InChI=1S/C12H16ClNO/c1-9(15)14-12(2,3)8-10-4-6-11(13)7-5-10/h4-7H,8H2,1-3H3,(H,14,15). The fourth-order valence-corrected chi connectivity index (χ4v) is 1.76. The molecule has 0 heterocycles. The molecular formula is C12H16ClNO. The molecule has 0 fully saturated rings. The molecule has 0 saturated heterocycles. The van der Waals surface area contributed by atoms with Crippen molar-refractivity contribution in [1.29, 1.82) is 0 Å². The van der Waals surface area contributed by atoms with Crippen molar-refractivity contribution in [2.45, 2.75) is 32.7 Å². The molecule has 0 bridgehead atoms. The van der Waals surface area contributed by atoms with Crippen LogP contribution in [0.1, 0.15) is 26.3 Å². The van der Waals surface area contributed by atoms with Crippen LogP contribution in [0.15, 0.2) is 24.3 Å². The van der Waals surface area contributed by atoms with Gasteiger partial charge in [0.05, 0.1) is 0 Å². The normalized spacial score (nSPS) is 11.2. The highest BCUT2D eigenvalue weighted by atomic mass is 35.5. The van der Waals surface area contributed by atoms with E-state index >= 15 is 0 Å². The molecule has 1 rings (SSSR count). The van der Waals surface area contributed by atoms with E-state index in [1.807, 2.05) is 38.1 Å². The van der Waals surface area contributed by atoms with Crippen LogP contribution >= 0.6 is 11.6 Å². The SMILES string of the molecule is CC(=O)NC(C)(C)Cc1ccc(Cl)cc1. The fraction of sp³-hybridized carbons (Fsp3) is 0.417. The Morgan fingerprint density at radius 3 is 2.33 bits per heavy atom. The second-order valence-electron chi connectivity index (χ2n) is 4.37. The molecule has 1 aromatic rings. The Balaban J connectivity index is 2.68. The summed E-state index contributed by atoms with van der Waals surface area (Å²) in [6.07, 6.45) is 0.795. The predicted molar refractivity (Wildman–Crippen MR) is 63.1 cm³/mol. The minimum Gasteiger partial charge on any atom is -0.351 e. The molecule has 2 nitrogen and oxygen atoms in total. The predicted octanol–water partition coefficient (Wildman–Crippen LogP) is 2.80. The summed E-state index contributed by atoms with van der Waals surface area (Å²) in [5.41, 5.74) is 0.942. The van der Waals surface area contributed by atoms with Gasteiger partial charge in [-0.15, -0.1) is 0 Å². The van der Waals surface area contributed by atoms with Crippen LogP contribution in [0.2, 0.25) is 5.02 Å². The van der Waals surface area contributed by atoms with Gasteiger partial charge in [0, 0.05) is 17.5 Å². The molecule has 0 saturated carbocycles. The number of halogens is 1. The van der Waals surface area contributed by atoms with Crippen molar-refractivity contribution in [2.24, 2.45) is 0 Å². The van der Waals surface area contributed by atoms with Crippen molar-refractivity contribution in [2.75, 3.05) is 0 Å². The van der Waals surface area contributed by atoms with Gasteiger partial charge in [0.2, 0.25) is 5.91 Å². The minimum absolute atomic E-state index is 0.00559. The fourth-order valence-electron chi connectivity index (χ4n) is 1.63. The third-order valence-electron chi connectivity index (χ3n) is 2.07. The average molecular weight is 226 g/mol. The summed E-state index contributed by atoms with van der Waals surface area (Å²) in [4.78, 5) is 11.0.